The first-order valence-corrected chi connectivity index (χ1v) is 8.42. The van der Waals surface area contributed by atoms with Crippen LogP contribution in [0.1, 0.15) is 12.0 Å². The van der Waals surface area contributed by atoms with Gasteiger partial charge in [-0.15, -0.1) is 0 Å². The summed E-state index contributed by atoms with van der Waals surface area (Å²) in [6.07, 6.45) is 1.02. The number of amides is 1. The third-order valence-electron chi connectivity index (χ3n) is 4.89. The Hall–Kier alpha value is -1.92. The molecule has 2 aliphatic rings. The van der Waals surface area contributed by atoms with Gasteiger partial charge in [-0.25, -0.2) is 4.39 Å². The molecule has 2 atom stereocenters. The molecule has 0 aliphatic carbocycles. The molecule has 2 aliphatic heterocycles. The Morgan fingerprint density at radius 1 is 1.25 bits per heavy atom. The summed E-state index contributed by atoms with van der Waals surface area (Å²) < 4.78 is 24.9. The number of nitrogens with zero attached hydrogens (tertiary/aromatic N) is 2. The van der Waals surface area contributed by atoms with Crippen LogP contribution in [0.2, 0.25) is 0 Å². The van der Waals surface area contributed by atoms with Crippen LogP contribution in [-0.2, 0) is 16.1 Å². The van der Waals surface area contributed by atoms with Gasteiger partial charge in [-0.3, -0.25) is 9.69 Å². The first-order valence-electron chi connectivity index (χ1n) is 8.42. The van der Waals surface area contributed by atoms with E-state index in [9.17, 15) is 9.18 Å². The van der Waals surface area contributed by atoms with Crippen molar-refractivity contribution in [3.05, 3.63) is 36.1 Å². The number of para-hydroxylation sites is 1. The molecule has 0 bridgehead atoms. The minimum absolute atomic E-state index is 0.0197. The molecular weight excluding hydrogens is 311 g/mol. The highest BCUT2D eigenvalue weighted by molar-refractivity contribution is 5.83. The molecular formula is C18H21FN2O3. The normalized spacial score (nSPS) is 25.5. The molecule has 5 nitrogen and oxygen atoms in total. The maximum Gasteiger partial charge on any atom is 0.240 e. The fraction of sp³-hybridized carbons (Fsp3) is 0.500. The van der Waals surface area contributed by atoms with Crippen molar-refractivity contribution in [2.75, 3.05) is 32.8 Å². The molecule has 1 aromatic carbocycles. The number of likely N-dealkylation sites (tertiary alicyclic amines) is 1. The molecule has 6 heteroatoms. The summed E-state index contributed by atoms with van der Waals surface area (Å²) in [5.74, 6) is 0.0197. The number of alkyl halides is 1. The number of hydrogen-bond acceptors (Lipinski definition) is 4. The Labute approximate surface area is 140 Å². The van der Waals surface area contributed by atoms with Crippen LogP contribution in [0.4, 0.5) is 4.39 Å². The largest absolute Gasteiger partial charge is 0.464 e. The van der Waals surface area contributed by atoms with Gasteiger partial charge in [0, 0.05) is 43.5 Å². The second-order valence-corrected chi connectivity index (χ2v) is 6.47. The van der Waals surface area contributed by atoms with Crippen LogP contribution in [0.15, 0.2) is 34.9 Å². The van der Waals surface area contributed by atoms with Crippen LogP contribution in [0.3, 0.4) is 0 Å². The Kier molecular flexibility index (Phi) is 4.24. The minimum Gasteiger partial charge on any atom is -0.464 e. The number of carbonyl (C=O) groups excluding carboxylic acids is 1. The van der Waals surface area contributed by atoms with Crippen LogP contribution in [-0.4, -0.2) is 60.8 Å². The van der Waals surface area contributed by atoms with E-state index in [1.54, 1.807) is 11.2 Å². The van der Waals surface area contributed by atoms with E-state index in [1.165, 1.54) is 0 Å². The van der Waals surface area contributed by atoms with Crippen molar-refractivity contribution >= 4 is 16.9 Å². The molecule has 0 unspecified atom stereocenters. The maximum atomic E-state index is 14.0. The van der Waals surface area contributed by atoms with Crippen molar-refractivity contribution in [1.82, 2.24) is 9.80 Å². The van der Waals surface area contributed by atoms with E-state index in [-0.39, 0.29) is 12.3 Å². The molecule has 2 aromatic rings. The molecule has 0 saturated carbocycles. The highest BCUT2D eigenvalue weighted by Gasteiger charge is 2.39. The fourth-order valence-electron chi connectivity index (χ4n) is 3.65. The van der Waals surface area contributed by atoms with Crippen molar-refractivity contribution in [2.24, 2.45) is 0 Å². The van der Waals surface area contributed by atoms with E-state index < -0.39 is 12.2 Å². The van der Waals surface area contributed by atoms with Gasteiger partial charge in [-0.2, -0.15) is 0 Å². The number of fused-ring (bicyclic) bond motifs is 1. The van der Waals surface area contributed by atoms with Gasteiger partial charge in [0.25, 0.3) is 0 Å². The zero-order valence-electron chi connectivity index (χ0n) is 13.5. The topological polar surface area (TPSA) is 45.9 Å². The van der Waals surface area contributed by atoms with E-state index >= 15 is 0 Å². The van der Waals surface area contributed by atoms with Crippen LogP contribution in [0.25, 0.3) is 11.0 Å². The van der Waals surface area contributed by atoms with Gasteiger partial charge in [0.2, 0.25) is 5.91 Å². The van der Waals surface area contributed by atoms with Gasteiger partial charge < -0.3 is 14.1 Å². The first-order chi connectivity index (χ1) is 11.7. The maximum absolute atomic E-state index is 14.0. The monoisotopic (exact) mass is 332 g/mol. The highest BCUT2D eigenvalue weighted by Crippen LogP contribution is 2.28. The lowest BCUT2D eigenvalue weighted by Crippen LogP contribution is -2.49. The molecule has 2 saturated heterocycles. The molecule has 0 radical (unpaired) electrons. The van der Waals surface area contributed by atoms with Gasteiger partial charge in [-0.1, -0.05) is 18.2 Å². The number of furan rings is 1. The molecule has 3 heterocycles. The molecule has 0 N–H and O–H groups in total. The molecule has 1 amide bonds. The Morgan fingerprint density at radius 3 is 2.88 bits per heavy atom. The zero-order chi connectivity index (χ0) is 16.5. The van der Waals surface area contributed by atoms with E-state index in [2.05, 4.69) is 0 Å². The second kappa shape index (κ2) is 6.53. The third-order valence-corrected chi connectivity index (χ3v) is 4.89. The van der Waals surface area contributed by atoms with Crippen LogP contribution in [0.5, 0.6) is 0 Å². The predicted molar refractivity (Wildman–Crippen MR) is 87.3 cm³/mol. The van der Waals surface area contributed by atoms with Crippen LogP contribution in [0, 0.1) is 0 Å². The number of carbonyl (C=O) groups is 1. The molecule has 2 fully saturated rings. The number of halogens is 1. The second-order valence-electron chi connectivity index (χ2n) is 6.47. The molecule has 0 spiro atoms. The van der Waals surface area contributed by atoms with Crippen LogP contribution < -0.4 is 0 Å². The highest BCUT2D eigenvalue weighted by atomic mass is 19.1. The average Bonchev–Trinajstić information content (AvgIpc) is 3.19. The van der Waals surface area contributed by atoms with E-state index in [4.69, 9.17) is 9.15 Å². The summed E-state index contributed by atoms with van der Waals surface area (Å²) in [5.41, 5.74) is 1.82. The summed E-state index contributed by atoms with van der Waals surface area (Å²) >= 11 is 0. The third kappa shape index (κ3) is 2.91. The van der Waals surface area contributed by atoms with Crippen molar-refractivity contribution in [3.63, 3.8) is 0 Å². The predicted octanol–water partition coefficient (Wildman–Crippen LogP) is 2.20. The summed E-state index contributed by atoms with van der Waals surface area (Å²) in [4.78, 5) is 16.5. The fourth-order valence-corrected chi connectivity index (χ4v) is 3.65. The van der Waals surface area contributed by atoms with Crippen molar-refractivity contribution in [3.8, 4) is 0 Å². The lowest BCUT2D eigenvalue weighted by atomic mass is 10.1. The van der Waals surface area contributed by atoms with Crippen molar-refractivity contribution in [2.45, 2.75) is 25.2 Å². The molecule has 1 aromatic heterocycles. The standard InChI is InChI=1S/C18H21FN2O3/c19-14-9-16(18(22)20-5-7-23-8-6-20)21(11-14)10-13-12-24-17-4-2-1-3-15(13)17/h1-4,12,14,16H,5-11H2/t14-,16+/m1/s1. The molecule has 128 valence electrons. The number of morpholine rings is 1. The Balaban J connectivity index is 1.53. The number of ether oxygens (including phenoxy) is 1. The smallest absolute Gasteiger partial charge is 0.240 e. The van der Waals surface area contributed by atoms with E-state index in [0.717, 1.165) is 16.5 Å². The van der Waals surface area contributed by atoms with Gasteiger partial charge in [0.1, 0.15) is 11.8 Å². The van der Waals surface area contributed by atoms with Crippen molar-refractivity contribution < 1.29 is 18.3 Å². The summed E-state index contributed by atoms with van der Waals surface area (Å²) in [6.45, 7) is 3.12. The average molecular weight is 332 g/mol. The van der Waals surface area contributed by atoms with Crippen LogP contribution >= 0.6 is 0 Å². The molecule has 4 rings (SSSR count). The van der Waals surface area contributed by atoms with Gasteiger partial charge in [-0.05, 0) is 6.07 Å². The number of benzene rings is 1. The molecule has 24 heavy (non-hydrogen) atoms. The van der Waals surface area contributed by atoms with Gasteiger partial charge in [0.15, 0.2) is 0 Å². The Bertz CT molecular complexity index is 726. The lowest BCUT2D eigenvalue weighted by Gasteiger charge is -2.32. The SMILES string of the molecule is O=C([C@@H]1C[C@@H](F)CN1Cc1coc2ccccc12)N1CCOCC1. The lowest BCUT2D eigenvalue weighted by molar-refractivity contribution is -0.140. The minimum atomic E-state index is -0.960. The Morgan fingerprint density at radius 2 is 2.04 bits per heavy atom. The number of hydrogen-bond donors (Lipinski definition) is 0. The summed E-state index contributed by atoms with van der Waals surface area (Å²) in [5, 5.41) is 1.03. The van der Waals surface area contributed by atoms with E-state index in [0.29, 0.717) is 39.4 Å². The first kappa shape index (κ1) is 15.6. The quantitative estimate of drug-likeness (QED) is 0.864. The van der Waals surface area contributed by atoms with Crippen molar-refractivity contribution in [1.29, 1.82) is 0 Å². The summed E-state index contributed by atoms with van der Waals surface area (Å²) in [7, 11) is 0. The van der Waals surface area contributed by atoms with E-state index in [1.807, 2.05) is 29.2 Å². The van der Waals surface area contributed by atoms with Gasteiger partial charge in [0.05, 0.1) is 25.5 Å². The zero-order valence-corrected chi connectivity index (χ0v) is 13.5. The number of rotatable bonds is 3. The summed E-state index contributed by atoms with van der Waals surface area (Å²) in [6, 6.07) is 7.40. The van der Waals surface area contributed by atoms with Gasteiger partial charge >= 0.3 is 0 Å².